The molecule has 4 heterocycles. The van der Waals surface area contributed by atoms with Crippen LogP contribution in [0.15, 0.2) is 91.0 Å². The fourth-order valence-corrected chi connectivity index (χ4v) is 15.0. The molecule has 0 spiro atoms. The number of hydrogen-bond acceptors (Lipinski definition) is 17. The van der Waals surface area contributed by atoms with E-state index in [4.69, 9.17) is 18.9 Å². The number of carbonyl (C=O) groups excluding carboxylic acids is 7. The highest BCUT2D eigenvalue weighted by Crippen LogP contribution is 2.44. The number of aryl methyl sites for hydroxylation is 1. The molecule has 0 aromatic heterocycles. The number of para-hydroxylation sites is 2. The third-order valence-corrected chi connectivity index (χ3v) is 20.7. The van der Waals surface area contributed by atoms with Gasteiger partial charge in [-0.3, -0.25) is 37.7 Å². The van der Waals surface area contributed by atoms with Gasteiger partial charge in [0.15, 0.2) is 28.2 Å². The first-order chi connectivity index (χ1) is 41.7. The van der Waals surface area contributed by atoms with Crippen molar-refractivity contribution in [2.75, 3.05) is 68.9 Å². The second-order valence-electron chi connectivity index (χ2n) is 22.1. The predicted molar refractivity (Wildman–Crippen MR) is 330 cm³/mol. The van der Waals surface area contributed by atoms with E-state index in [0.29, 0.717) is 81.5 Å². The number of anilines is 3. The van der Waals surface area contributed by atoms with Crippen LogP contribution in [0.2, 0.25) is 0 Å². The standard InChI is InChI=1S/C62H71N7O15S3/c1-62(2,86-85-20-18-54(59(75)63-3)87(78,79)82-6)19-17-55(71)64-31-56(72)65-32-57(73)66-33-58(74)67-42-22-36(34-83-52-27-38-15-16-43-24-39-11-7-9-13-46(39)68(43)60(76)44(38)29-50(52)80-4)21-37(23-42)35-84-53-28-41-26-49(70)48-25-40-12-8-10-14-47(40)69(48)61(77)45(41)30-51(53)81-5/h7-14,21-23,27-30,43,48-49,54,70H,15-20,24-26,31-35H2,1-6H3,(H,63,75)(H,64,71)(H,65,72)(H,66,73)(H,67,74)/t43-,48+,49?,54?/m1/s1. The van der Waals surface area contributed by atoms with E-state index in [1.165, 1.54) is 42.9 Å². The van der Waals surface area contributed by atoms with E-state index in [1.807, 2.05) is 73.3 Å². The molecular formula is C62H71N7O15S3. The zero-order valence-corrected chi connectivity index (χ0v) is 51.6. The molecule has 462 valence electrons. The number of amides is 7. The van der Waals surface area contributed by atoms with E-state index in [1.54, 1.807) is 35.2 Å². The van der Waals surface area contributed by atoms with Gasteiger partial charge in [-0.2, -0.15) is 8.42 Å². The SMILES string of the molecule is CNC(=O)C(CCSSC(C)(C)CCC(=O)NCC(=O)NCC(=O)NCC(=O)Nc1cc(COc2cc3c(cc2OC)C(=O)N2c4ccccc4C[C@H]2CC3)cc(COc2cc3c(cc2OC)C(=O)N2c4ccccc4C[C@H]2C(O)C3)c1)S(=O)(=O)OC. The van der Waals surface area contributed by atoms with E-state index >= 15 is 0 Å². The molecular weight excluding hydrogens is 1180 g/mol. The van der Waals surface area contributed by atoms with Crippen LogP contribution in [0.25, 0.3) is 0 Å². The van der Waals surface area contributed by atoms with E-state index in [9.17, 15) is 47.1 Å². The number of carbonyl (C=O) groups is 7. The van der Waals surface area contributed by atoms with Crippen LogP contribution in [0.3, 0.4) is 0 Å². The van der Waals surface area contributed by atoms with Crippen LogP contribution in [0.1, 0.15) is 93.6 Å². The van der Waals surface area contributed by atoms with Crippen LogP contribution in [-0.2, 0) is 77.2 Å². The van der Waals surface area contributed by atoms with Crippen LogP contribution in [-0.4, -0.2) is 137 Å². The lowest BCUT2D eigenvalue weighted by atomic mass is 9.97. The van der Waals surface area contributed by atoms with Crippen molar-refractivity contribution < 1.29 is 70.2 Å². The monoisotopic (exact) mass is 1250 g/mol. The largest absolute Gasteiger partial charge is 0.493 e. The summed E-state index contributed by atoms with van der Waals surface area (Å²) in [5.41, 5.74) is 7.66. The molecule has 0 saturated heterocycles. The van der Waals surface area contributed by atoms with E-state index < -0.39 is 81.4 Å². The number of fused-ring (bicyclic) bond motifs is 8. The number of rotatable bonds is 26. The summed E-state index contributed by atoms with van der Waals surface area (Å²) in [4.78, 5) is 95.8. The number of nitrogens with one attached hydrogen (secondary N) is 5. The number of benzene rings is 5. The molecule has 0 radical (unpaired) electrons. The molecule has 4 aliphatic rings. The molecule has 7 amide bonds. The maximum absolute atomic E-state index is 14.2. The minimum atomic E-state index is -4.08. The highest BCUT2D eigenvalue weighted by Gasteiger charge is 2.43. The quantitative estimate of drug-likeness (QED) is 0.0224. The fourth-order valence-electron chi connectivity index (χ4n) is 11.2. The maximum Gasteiger partial charge on any atom is 0.279 e. The minimum Gasteiger partial charge on any atom is -0.493 e. The van der Waals surface area contributed by atoms with Gasteiger partial charge in [0.2, 0.25) is 29.5 Å². The van der Waals surface area contributed by atoms with Crippen molar-refractivity contribution in [3.05, 3.63) is 136 Å². The second-order valence-corrected chi connectivity index (χ2v) is 27.1. The first-order valence-electron chi connectivity index (χ1n) is 28.4. The Morgan fingerprint density at radius 2 is 1.23 bits per heavy atom. The van der Waals surface area contributed by atoms with Gasteiger partial charge in [0.25, 0.3) is 21.9 Å². The van der Waals surface area contributed by atoms with Gasteiger partial charge in [-0.05, 0) is 140 Å². The van der Waals surface area contributed by atoms with Gasteiger partial charge in [-0.15, -0.1) is 0 Å². The second kappa shape index (κ2) is 27.9. The lowest BCUT2D eigenvalue weighted by molar-refractivity contribution is -0.128. The Hall–Kier alpha value is -7.84. The average molecular weight is 1250 g/mol. The number of aliphatic hydroxyl groups excluding tert-OH is 1. The maximum atomic E-state index is 14.2. The Bertz CT molecular complexity index is 3580. The number of aliphatic hydroxyl groups is 1. The van der Waals surface area contributed by atoms with Crippen molar-refractivity contribution in [2.24, 2.45) is 0 Å². The summed E-state index contributed by atoms with van der Waals surface area (Å²) in [7, 11) is 4.05. The molecule has 87 heavy (non-hydrogen) atoms. The van der Waals surface area contributed by atoms with Gasteiger partial charge < -0.3 is 60.4 Å². The van der Waals surface area contributed by atoms with E-state index in [2.05, 4.69) is 36.8 Å². The zero-order valence-electron chi connectivity index (χ0n) is 49.2. The highest BCUT2D eigenvalue weighted by atomic mass is 33.1. The Balaban J connectivity index is 0.821. The van der Waals surface area contributed by atoms with Gasteiger partial charge in [0, 0.05) is 64.6 Å². The zero-order chi connectivity index (χ0) is 62.2. The predicted octanol–water partition coefficient (Wildman–Crippen LogP) is 5.58. The summed E-state index contributed by atoms with van der Waals surface area (Å²) in [6, 6.07) is 27.3. The van der Waals surface area contributed by atoms with Crippen molar-refractivity contribution in [3.63, 3.8) is 0 Å². The van der Waals surface area contributed by atoms with Crippen LogP contribution >= 0.6 is 21.6 Å². The molecule has 9 rings (SSSR count). The van der Waals surface area contributed by atoms with Crippen LogP contribution in [0, 0.1) is 0 Å². The first-order valence-corrected chi connectivity index (χ1v) is 32.2. The number of hydrogen-bond donors (Lipinski definition) is 6. The summed E-state index contributed by atoms with van der Waals surface area (Å²) >= 11 is 0. The van der Waals surface area contributed by atoms with Crippen LogP contribution in [0.5, 0.6) is 23.0 Å². The van der Waals surface area contributed by atoms with Gasteiger partial charge in [0.05, 0.1) is 53.1 Å². The number of methoxy groups -OCH3 is 2. The molecule has 5 aromatic carbocycles. The molecule has 0 saturated carbocycles. The topological polar surface area (TPSA) is 287 Å². The van der Waals surface area contributed by atoms with Crippen molar-refractivity contribution in [3.8, 4) is 23.0 Å². The first kappa shape index (κ1) is 63.7. The normalized spacial score (nSPS) is 16.9. The number of nitrogens with zero attached hydrogens (tertiary/aromatic N) is 2. The molecule has 0 aliphatic carbocycles. The molecule has 5 aromatic rings. The smallest absolute Gasteiger partial charge is 0.279 e. The summed E-state index contributed by atoms with van der Waals surface area (Å²) < 4.78 is 53.0. The summed E-state index contributed by atoms with van der Waals surface area (Å²) in [6.45, 7) is 2.38. The Kier molecular flexibility index (Phi) is 20.4. The summed E-state index contributed by atoms with van der Waals surface area (Å²) in [5.74, 6) is -1.64. The number of ether oxygens (including phenoxy) is 4. The lowest BCUT2D eigenvalue weighted by Crippen LogP contribution is -2.43. The van der Waals surface area contributed by atoms with Crippen molar-refractivity contribution in [1.29, 1.82) is 0 Å². The van der Waals surface area contributed by atoms with Crippen molar-refractivity contribution >= 4 is 90.1 Å². The van der Waals surface area contributed by atoms with E-state index in [-0.39, 0.29) is 50.3 Å². The molecule has 4 aliphatic heterocycles. The molecule has 0 bridgehead atoms. The molecule has 22 nitrogen and oxygen atoms in total. The minimum absolute atomic E-state index is 0.0197. The third-order valence-electron chi connectivity index (χ3n) is 15.7. The Morgan fingerprint density at radius 1 is 0.678 bits per heavy atom. The highest BCUT2D eigenvalue weighted by molar-refractivity contribution is 8.77. The van der Waals surface area contributed by atoms with Crippen LogP contribution in [0.4, 0.5) is 17.1 Å². The van der Waals surface area contributed by atoms with Crippen LogP contribution < -0.4 is 55.3 Å². The van der Waals surface area contributed by atoms with Gasteiger partial charge in [-0.25, -0.2) is 0 Å². The summed E-state index contributed by atoms with van der Waals surface area (Å²) in [6.07, 6.45) is 2.52. The molecule has 6 N–H and O–H groups in total. The molecule has 2 unspecified atom stereocenters. The van der Waals surface area contributed by atoms with Crippen molar-refractivity contribution in [2.45, 2.75) is 107 Å². The third kappa shape index (κ3) is 15.1. The summed E-state index contributed by atoms with van der Waals surface area (Å²) in [5, 5.41) is 22.8. The fraction of sp³-hybridized carbons (Fsp3) is 0.403. The Morgan fingerprint density at radius 3 is 1.84 bits per heavy atom. The van der Waals surface area contributed by atoms with Gasteiger partial charge in [0.1, 0.15) is 13.2 Å². The van der Waals surface area contributed by atoms with Gasteiger partial charge in [-0.1, -0.05) is 58.0 Å². The van der Waals surface area contributed by atoms with E-state index in [0.717, 1.165) is 48.0 Å². The Labute approximate surface area is 513 Å². The molecule has 0 fully saturated rings. The molecule has 25 heteroatoms. The van der Waals surface area contributed by atoms with Gasteiger partial charge >= 0.3 is 0 Å². The molecule has 4 atom stereocenters. The average Bonchev–Trinajstić information content (AvgIpc) is 1.68. The van der Waals surface area contributed by atoms with Crippen molar-refractivity contribution in [1.82, 2.24) is 21.3 Å². The lowest BCUT2D eigenvalue weighted by Gasteiger charge is -2.26.